The minimum Gasteiger partial charge on any atom is -0.398 e. The second kappa shape index (κ2) is 4.85. The summed E-state index contributed by atoms with van der Waals surface area (Å²) in [6.45, 7) is 1.73. The van der Waals surface area contributed by atoms with E-state index in [-0.39, 0.29) is 16.4 Å². The average molecular weight is 281 g/mol. The zero-order valence-electron chi connectivity index (χ0n) is 10.1. The van der Waals surface area contributed by atoms with Gasteiger partial charge < -0.3 is 5.73 Å². The number of hydrogen-bond donors (Lipinski definition) is 2. The molecule has 0 saturated carbocycles. The third kappa shape index (κ3) is 3.00. The molecule has 0 fully saturated rings. The van der Waals surface area contributed by atoms with Crippen LogP contribution in [0.3, 0.4) is 0 Å². The van der Waals surface area contributed by atoms with Crippen LogP contribution in [0, 0.1) is 12.7 Å². The summed E-state index contributed by atoms with van der Waals surface area (Å²) in [5.74, 6) is -0.518. The van der Waals surface area contributed by atoms with Crippen LogP contribution < -0.4 is 10.5 Å². The number of benzene rings is 1. The van der Waals surface area contributed by atoms with Gasteiger partial charge in [0.1, 0.15) is 16.5 Å². The van der Waals surface area contributed by atoms with Gasteiger partial charge in [0, 0.05) is 5.69 Å². The fourth-order valence-corrected chi connectivity index (χ4v) is 2.68. The maximum absolute atomic E-state index is 13.1. The Morgan fingerprint density at radius 1 is 1.26 bits per heavy atom. The van der Waals surface area contributed by atoms with E-state index in [0.29, 0.717) is 5.69 Å². The lowest BCUT2D eigenvalue weighted by atomic mass is 10.3. The Morgan fingerprint density at radius 2 is 2.00 bits per heavy atom. The fraction of sp³-hybridized carbons (Fsp3) is 0.0833. The molecule has 2 rings (SSSR count). The quantitative estimate of drug-likeness (QED) is 0.842. The van der Waals surface area contributed by atoms with E-state index >= 15 is 0 Å². The Morgan fingerprint density at radius 3 is 2.68 bits per heavy atom. The number of nitrogens with one attached hydrogen (secondary N) is 1. The van der Waals surface area contributed by atoms with Crippen molar-refractivity contribution in [1.82, 2.24) is 4.98 Å². The summed E-state index contributed by atoms with van der Waals surface area (Å²) in [4.78, 5) is 3.70. The summed E-state index contributed by atoms with van der Waals surface area (Å²) >= 11 is 0. The topological polar surface area (TPSA) is 85.1 Å². The molecule has 0 unspecified atom stereocenters. The van der Waals surface area contributed by atoms with Crippen molar-refractivity contribution in [2.75, 3.05) is 10.5 Å². The van der Waals surface area contributed by atoms with Crippen molar-refractivity contribution >= 4 is 21.5 Å². The highest BCUT2D eigenvalue weighted by atomic mass is 32.2. The summed E-state index contributed by atoms with van der Waals surface area (Å²) in [5, 5.41) is 0. The Hall–Kier alpha value is -2.15. The Balaban J connectivity index is 2.40. The molecule has 0 bridgehead atoms. The number of hydrogen-bond acceptors (Lipinski definition) is 4. The average Bonchev–Trinajstić information content (AvgIpc) is 2.31. The maximum Gasteiger partial charge on any atom is 0.265 e. The van der Waals surface area contributed by atoms with Crippen molar-refractivity contribution < 1.29 is 12.8 Å². The van der Waals surface area contributed by atoms with Gasteiger partial charge in [-0.15, -0.1) is 0 Å². The van der Waals surface area contributed by atoms with Gasteiger partial charge in [-0.25, -0.2) is 17.8 Å². The summed E-state index contributed by atoms with van der Waals surface area (Å²) in [6.07, 6.45) is 0. The third-order valence-corrected chi connectivity index (χ3v) is 3.80. The van der Waals surface area contributed by atoms with Crippen LogP contribution in [-0.2, 0) is 10.0 Å². The monoisotopic (exact) mass is 281 g/mol. The molecule has 1 aromatic carbocycles. The van der Waals surface area contributed by atoms with Gasteiger partial charge >= 0.3 is 0 Å². The molecule has 0 aliphatic carbocycles. The first-order chi connectivity index (χ1) is 8.88. The van der Waals surface area contributed by atoms with Gasteiger partial charge in [0.15, 0.2) is 0 Å². The van der Waals surface area contributed by atoms with Crippen LogP contribution in [-0.4, -0.2) is 13.4 Å². The fourth-order valence-electron chi connectivity index (χ4n) is 1.53. The molecule has 1 heterocycles. The van der Waals surface area contributed by atoms with Gasteiger partial charge in [-0.1, -0.05) is 6.07 Å². The highest BCUT2D eigenvalue weighted by Crippen LogP contribution is 2.21. The number of aromatic nitrogens is 1. The number of anilines is 2. The van der Waals surface area contributed by atoms with E-state index in [0.717, 1.165) is 12.1 Å². The molecule has 5 nitrogen and oxygen atoms in total. The van der Waals surface area contributed by atoms with E-state index < -0.39 is 15.8 Å². The number of nitrogen functional groups attached to an aromatic ring is 1. The number of nitrogens with zero attached hydrogens (tertiary/aromatic N) is 1. The third-order valence-electron chi connectivity index (χ3n) is 2.39. The van der Waals surface area contributed by atoms with Crippen molar-refractivity contribution in [3.05, 3.63) is 47.9 Å². The van der Waals surface area contributed by atoms with E-state index in [1.165, 1.54) is 12.1 Å². The van der Waals surface area contributed by atoms with Gasteiger partial charge in [0.05, 0.1) is 5.69 Å². The number of halogens is 1. The number of rotatable bonds is 3. The molecule has 0 radical (unpaired) electrons. The molecule has 0 atom stereocenters. The highest BCUT2D eigenvalue weighted by Gasteiger charge is 2.19. The summed E-state index contributed by atoms with van der Waals surface area (Å²) in [5.41, 5.74) is 6.19. The van der Waals surface area contributed by atoms with Crippen LogP contribution in [0.15, 0.2) is 41.3 Å². The molecular weight excluding hydrogens is 269 g/mol. The van der Waals surface area contributed by atoms with E-state index in [1.807, 2.05) is 0 Å². The van der Waals surface area contributed by atoms with Crippen LogP contribution in [0.5, 0.6) is 0 Å². The van der Waals surface area contributed by atoms with Gasteiger partial charge in [-0.3, -0.25) is 4.72 Å². The lowest BCUT2D eigenvalue weighted by Gasteiger charge is -2.09. The number of nitrogens with two attached hydrogens (primary N) is 1. The molecule has 3 N–H and O–H groups in total. The number of sulfonamides is 1. The van der Waals surface area contributed by atoms with Crippen molar-refractivity contribution in [2.24, 2.45) is 0 Å². The van der Waals surface area contributed by atoms with Crippen LogP contribution in [0.25, 0.3) is 0 Å². The lowest BCUT2D eigenvalue weighted by molar-refractivity contribution is 0.596. The Bertz CT molecular complexity index is 717. The maximum atomic E-state index is 13.1. The molecule has 1 aromatic heterocycles. The predicted molar refractivity (Wildman–Crippen MR) is 70.6 cm³/mol. The summed E-state index contributed by atoms with van der Waals surface area (Å²) in [6, 6.07) is 8.06. The van der Waals surface area contributed by atoms with Crippen molar-refractivity contribution in [3.63, 3.8) is 0 Å². The largest absolute Gasteiger partial charge is 0.398 e. The highest BCUT2D eigenvalue weighted by molar-refractivity contribution is 7.92. The van der Waals surface area contributed by atoms with Gasteiger partial charge in [0.25, 0.3) is 10.0 Å². The van der Waals surface area contributed by atoms with E-state index in [1.54, 1.807) is 19.1 Å². The zero-order chi connectivity index (χ0) is 14.0. The second-order valence-electron chi connectivity index (χ2n) is 3.95. The smallest absolute Gasteiger partial charge is 0.265 e. The summed E-state index contributed by atoms with van der Waals surface area (Å²) in [7, 11) is -3.96. The SMILES string of the molecule is Cc1cccc(NS(=O)(=O)c2cc(F)ccc2N)n1. The van der Waals surface area contributed by atoms with Crippen LogP contribution in [0.1, 0.15) is 5.69 Å². The Kier molecular flexibility index (Phi) is 3.39. The molecule has 0 aliphatic rings. The first-order valence-corrected chi connectivity index (χ1v) is 6.88. The standard InChI is InChI=1S/C12H12FN3O2S/c1-8-3-2-4-12(15-8)16-19(17,18)11-7-9(13)5-6-10(11)14/h2-7H,14H2,1H3,(H,15,16). The van der Waals surface area contributed by atoms with E-state index in [4.69, 9.17) is 5.73 Å². The molecule has 0 amide bonds. The van der Waals surface area contributed by atoms with Crippen LogP contribution >= 0.6 is 0 Å². The molecule has 19 heavy (non-hydrogen) atoms. The number of pyridine rings is 1. The first kappa shape index (κ1) is 13.3. The van der Waals surface area contributed by atoms with E-state index in [9.17, 15) is 12.8 Å². The normalized spacial score (nSPS) is 11.3. The predicted octanol–water partition coefficient (Wildman–Crippen LogP) is 1.91. The van der Waals surface area contributed by atoms with Crippen molar-refractivity contribution in [2.45, 2.75) is 11.8 Å². The van der Waals surface area contributed by atoms with Crippen molar-refractivity contribution in [1.29, 1.82) is 0 Å². The van der Waals surface area contributed by atoms with Crippen molar-refractivity contribution in [3.8, 4) is 0 Å². The minimum absolute atomic E-state index is 0.0263. The van der Waals surface area contributed by atoms with E-state index in [2.05, 4.69) is 9.71 Å². The van der Waals surface area contributed by atoms with Crippen LogP contribution in [0.4, 0.5) is 15.9 Å². The van der Waals surface area contributed by atoms with Gasteiger partial charge in [-0.05, 0) is 37.3 Å². The molecular formula is C12H12FN3O2S. The second-order valence-corrected chi connectivity index (χ2v) is 5.60. The first-order valence-electron chi connectivity index (χ1n) is 5.40. The number of aryl methyl sites for hydroxylation is 1. The minimum atomic E-state index is -3.96. The molecule has 100 valence electrons. The molecule has 2 aromatic rings. The molecule has 0 saturated heterocycles. The van der Waals surface area contributed by atoms with Gasteiger partial charge in [-0.2, -0.15) is 0 Å². The van der Waals surface area contributed by atoms with Crippen LogP contribution in [0.2, 0.25) is 0 Å². The molecule has 0 spiro atoms. The van der Waals surface area contributed by atoms with Gasteiger partial charge in [0.2, 0.25) is 0 Å². The molecule has 0 aliphatic heterocycles. The molecule has 7 heteroatoms. The zero-order valence-corrected chi connectivity index (χ0v) is 10.9. The lowest BCUT2D eigenvalue weighted by Crippen LogP contribution is -2.16. The summed E-state index contributed by atoms with van der Waals surface area (Å²) < 4.78 is 39.6. The Labute approximate surface area is 110 Å².